The molecule has 0 aromatic carbocycles. The number of nitrogens with two attached hydrogens (primary N) is 1. The molecule has 0 radical (unpaired) electrons. The number of anilines is 1. The Morgan fingerprint density at radius 3 is 2.83 bits per heavy atom. The van der Waals surface area contributed by atoms with Crippen molar-refractivity contribution in [3.05, 3.63) is 23.4 Å². The van der Waals surface area contributed by atoms with E-state index >= 15 is 0 Å². The van der Waals surface area contributed by atoms with Crippen LogP contribution < -0.4 is 10.6 Å². The maximum atomic E-state index is 5.86. The summed E-state index contributed by atoms with van der Waals surface area (Å²) >= 11 is 5.18. The Labute approximate surface area is 114 Å². The van der Waals surface area contributed by atoms with E-state index in [1.165, 1.54) is 12.8 Å². The molecular weight excluding hydrogens is 242 g/mol. The number of hydrogen-bond acceptors (Lipinski definition) is 3. The third kappa shape index (κ3) is 2.99. The summed E-state index contributed by atoms with van der Waals surface area (Å²) < 4.78 is 0. The van der Waals surface area contributed by atoms with Gasteiger partial charge in [-0.1, -0.05) is 19.1 Å². The van der Waals surface area contributed by atoms with Gasteiger partial charge in [-0.25, -0.2) is 4.98 Å². The first-order valence-corrected chi connectivity index (χ1v) is 7.04. The van der Waals surface area contributed by atoms with Gasteiger partial charge >= 0.3 is 0 Å². The lowest BCUT2D eigenvalue weighted by Crippen LogP contribution is -2.30. The molecule has 18 heavy (non-hydrogen) atoms. The molecule has 1 aliphatic rings. The van der Waals surface area contributed by atoms with E-state index in [0.717, 1.165) is 42.4 Å². The Morgan fingerprint density at radius 2 is 2.28 bits per heavy atom. The second kappa shape index (κ2) is 5.65. The highest BCUT2D eigenvalue weighted by Gasteiger charge is 2.26. The molecule has 3 nitrogen and oxygen atoms in total. The topological polar surface area (TPSA) is 42.2 Å². The van der Waals surface area contributed by atoms with Crippen molar-refractivity contribution in [3.8, 4) is 0 Å². The zero-order valence-electron chi connectivity index (χ0n) is 11.1. The Morgan fingerprint density at radius 1 is 1.56 bits per heavy atom. The quantitative estimate of drug-likeness (QED) is 0.801. The predicted octanol–water partition coefficient (Wildman–Crippen LogP) is 2.65. The highest BCUT2D eigenvalue weighted by Crippen LogP contribution is 2.32. The number of aryl methyl sites for hydroxylation is 1. The molecule has 1 heterocycles. The molecule has 0 unspecified atom stereocenters. The molecule has 2 N–H and O–H groups in total. The van der Waals surface area contributed by atoms with E-state index in [-0.39, 0.29) is 0 Å². The van der Waals surface area contributed by atoms with Crippen LogP contribution in [0.15, 0.2) is 12.3 Å². The van der Waals surface area contributed by atoms with Crippen LogP contribution in [0.25, 0.3) is 0 Å². The van der Waals surface area contributed by atoms with Gasteiger partial charge in [0.05, 0.1) is 5.56 Å². The summed E-state index contributed by atoms with van der Waals surface area (Å²) in [6.45, 7) is 6.33. The van der Waals surface area contributed by atoms with Crippen LogP contribution >= 0.6 is 12.2 Å². The van der Waals surface area contributed by atoms with E-state index < -0.39 is 0 Å². The van der Waals surface area contributed by atoms with Gasteiger partial charge in [0.2, 0.25) is 0 Å². The maximum absolute atomic E-state index is 5.86. The molecule has 1 aromatic rings. The number of pyridine rings is 1. The third-order valence-corrected chi connectivity index (χ3v) is 3.56. The minimum atomic E-state index is 0.451. The molecule has 0 saturated heterocycles. The number of hydrogen-bond donors (Lipinski definition) is 1. The molecule has 1 saturated carbocycles. The van der Waals surface area contributed by atoms with Gasteiger partial charge in [-0.3, -0.25) is 0 Å². The van der Waals surface area contributed by atoms with Crippen molar-refractivity contribution in [2.45, 2.75) is 33.1 Å². The number of rotatable bonds is 6. The second-order valence-corrected chi connectivity index (χ2v) is 5.52. The van der Waals surface area contributed by atoms with Crippen molar-refractivity contribution < 1.29 is 0 Å². The fraction of sp³-hybridized carbons (Fsp3) is 0.571. The zero-order chi connectivity index (χ0) is 13.1. The summed E-state index contributed by atoms with van der Waals surface area (Å²) in [5.41, 5.74) is 7.92. The van der Waals surface area contributed by atoms with E-state index in [9.17, 15) is 0 Å². The molecule has 0 atom stereocenters. The number of nitrogens with zero attached hydrogens (tertiary/aromatic N) is 2. The Bertz CT molecular complexity index is 441. The van der Waals surface area contributed by atoms with Crippen LogP contribution in [0.4, 0.5) is 5.82 Å². The van der Waals surface area contributed by atoms with Gasteiger partial charge in [0.1, 0.15) is 10.8 Å². The second-order valence-electron chi connectivity index (χ2n) is 5.08. The molecular formula is C14H21N3S. The average molecular weight is 263 g/mol. The first-order chi connectivity index (χ1) is 8.63. The van der Waals surface area contributed by atoms with Crippen molar-refractivity contribution in [1.82, 2.24) is 4.98 Å². The van der Waals surface area contributed by atoms with Crippen LogP contribution in [-0.2, 0) is 0 Å². The van der Waals surface area contributed by atoms with Crippen molar-refractivity contribution in [2.75, 3.05) is 18.0 Å². The summed E-state index contributed by atoms with van der Waals surface area (Å²) in [5, 5.41) is 0. The largest absolute Gasteiger partial charge is 0.389 e. The monoisotopic (exact) mass is 263 g/mol. The van der Waals surface area contributed by atoms with Crippen molar-refractivity contribution in [2.24, 2.45) is 11.7 Å². The molecule has 4 heteroatoms. The minimum absolute atomic E-state index is 0.451. The normalized spacial score (nSPS) is 14.6. The van der Waals surface area contributed by atoms with Gasteiger partial charge in [-0.15, -0.1) is 0 Å². The van der Waals surface area contributed by atoms with Gasteiger partial charge in [-0.2, -0.15) is 0 Å². The van der Waals surface area contributed by atoms with Crippen LogP contribution in [0.3, 0.4) is 0 Å². The minimum Gasteiger partial charge on any atom is -0.389 e. The number of aromatic nitrogens is 1. The van der Waals surface area contributed by atoms with Crippen LogP contribution in [0.1, 0.15) is 37.3 Å². The van der Waals surface area contributed by atoms with Gasteiger partial charge in [-0.05, 0) is 43.7 Å². The first-order valence-electron chi connectivity index (χ1n) is 6.63. The average Bonchev–Trinajstić information content (AvgIpc) is 3.11. The summed E-state index contributed by atoms with van der Waals surface area (Å²) in [6, 6.07) is 1.97. The molecule has 0 bridgehead atoms. The highest BCUT2D eigenvalue weighted by atomic mass is 32.1. The van der Waals surface area contributed by atoms with E-state index in [2.05, 4.69) is 16.8 Å². The maximum Gasteiger partial charge on any atom is 0.139 e. The Kier molecular flexibility index (Phi) is 4.17. The van der Waals surface area contributed by atoms with Crippen molar-refractivity contribution in [1.29, 1.82) is 0 Å². The zero-order valence-corrected chi connectivity index (χ0v) is 12.0. The van der Waals surface area contributed by atoms with E-state index in [4.69, 9.17) is 18.0 Å². The van der Waals surface area contributed by atoms with Gasteiger partial charge in [0.15, 0.2) is 0 Å². The van der Waals surface area contributed by atoms with Crippen molar-refractivity contribution in [3.63, 3.8) is 0 Å². The SMILES string of the molecule is CCCN(CC1CC1)c1nccc(C)c1C(N)=S. The van der Waals surface area contributed by atoms with E-state index in [1.807, 2.05) is 19.2 Å². The lowest BCUT2D eigenvalue weighted by atomic mass is 10.1. The molecule has 0 aliphatic heterocycles. The fourth-order valence-corrected chi connectivity index (χ4v) is 2.51. The van der Waals surface area contributed by atoms with Gasteiger partial charge in [0, 0.05) is 19.3 Å². The molecule has 1 fully saturated rings. The summed E-state index contributed by atoms with van der Waals surface area (Å²) in [4.78, 5) is 7.32. The number of thiocarbonyl (C=S) groups is 1. The lowest BCUT2D eigenvalue weighted by molar-refractivity contribution is 0.698. The molecule has 0 amide bonds. The smallest absolute Gasteiger partial charge is 0.139 e. The summed E-state index contributed by atoms with van der Waals surface area (Å²) in [7, 11) is 0. The van der Waals surface area contributed by atoms with Crippen LogP contribution in [-0.4, -0.2) is 23.1 Å². The van der Waals surface area contributed by atoms with Crippen LogP contribution in [0.5, 0.6) is 0 Å². The molecule has 1 aliphatic carbocycles. The summed E-state index contributed by atoms with van der Waals surface area (Å²) in [6.07, 6.45) is 5.64. The first kappa shape index (κ1) is 13.3. The van der Waals surface area contributed by atoms with Crippen LogP contribution in [0.2, 0.25) is 0 Å². The van der Waals surface area contributed by atoms with Gasteiger partial charge in [0.25, 0.3) is 0 Å². The molecule has 98 valence electrons. The summed E-state index contributed by atoms with van der Waals surface area (Å²) in [5.74, 6) is 1.80. The molecule has 0 spiro atoms. The lowest BCUT2D eigenvalue weighted by Gasteiger charge is -2.26. The fourth-order valence-electron chi connectivity index (χ4n) is 2.25. The highest BCUT2D eigenvalue weighted by molar-refractivity contribution is 7.80. The molecule has 1 aromatic heterocycles. The van der Waals surface area contributed by atoms with E-state index in [1.54, 1.807) is 0 Å². The Hall–Kier alpha value is -1.16. The Balaban J connectivity index is 2.32. The van der Waals surface area contributed by atoms with Crippen LogP contribution in [0, 0.1) is 12.8 Å². The third-order valence-electron chi connectivity index (χ3n) is 3.35. The molecule has 2 rings (SSSR count). The van der Waals surface area contributed by atoms with Gasteiger partial charge < -0.3 is 10.6 Å². The van der Waals surface area contributed by atoms with Crippen molar-refractivity contribution >= 4 is 23.0 Å². The van der Waals surface area contributed by atoms with E-state index in [0.29, 0.717) is 4.99 Å². The standard InChI is InChI=1S/C14H21N3S/c1-3-8-17(9-11-4-5-11)14-12(13(15)18)10(2)6-7-16-14/h6-7,11H,3-5,8-9H2,1-2H3,(H2,15,18). The predicted molar refractivity (Wildman–Crippen MR) is 80.1 cm³/mol.